The van der Waals surface area contributed by atoms with Crippen LogP contribution in [0.3, 0.4) is 0 Å². The van der Waals surface area contributed by atoms with E-state index in [1.54, 1.807) is 0 Å². The van der Waals surface area contributed by atoms with E-state index < -0.39 is 0 Å². The maximum Gasteiger partial charge on any atom is 1.00 e. The van der Waals surface area contributed by atoms with E-state index in [2.05, 4.69) is 0 Å². The summed E-state index contributed by atoms with van der Waals surface area (Å²) in [7, 11) is 0. The molecule has 0 amide bonds. The SMILES string of the molecule is Br.Br.Br.Br.Br.Br.Br.Br.Br.Br.[Br-].[Br-].[Br-].[Br-].[Br-].[Br-].[Br-].[Br-].[Br-].[Br-].[Br-].[Br-].[Br-].[Br-].[Br-].[Br-].[Br-].[Br-].[Br-].[Br-].[Br-].[Br-].[Br-].[Br-].[Br-].[Na+].[Na+].[Na+].[Na+].[Na+].[Na+].[Na+].[Na+].[Na+].[Na+].[Na+].[Na+].[Na+].[Na+].[Na+].[Na+].[Na+].[Na+].[Na+].[Na+].[Na+].[Na+].[Na+].[Na+].[Na+]. The second-order valence-corrected chi connectivity index (χ2v) is 0. The summed E-state index contributed by atoms with van der Waals surface area (Å²) in [6, 6.07) is 0. The van der Waals surface area contributed by atoms with Gasteiger partial charge in [-0.25, -0.2) is 0 Å². The van der Waals surface area contributed by atoms with Crippen LogP contribution < -0.4 is 1160 Å². The molecule has 280 valence electrons. The summed E-state index contributed by atoms with van der Waals surface area (Å²) in [5, 5.41) is 0. The predicted molar refractivity (Wildman–Crippen MR) is 103 cm³/mol. The van der Waals surface area contributed by atoms with Crippen molar-refractivity contribution in [3.8, 4) is 0 Å². The van der Waals surface area contributed by atoms with Gasteiger partial charge in [-0.1, -0.05) is 0 Å². The van der Waals surface area contributed by atoms with Crippen molar-refractivity contribution >= 4 is 170 Å². The average Bonchev–Trinajstić information content (AvgIpc) is 0. The van der Waals surface area contributed by atoms with Crippen LogP contribution >= 0.6 is 170 Å². The summed E-state index contributed by atoms with van der Waals surface area (Å²) >= 11 is 0. The molecule has 60 heteroatoms. The number of halogens is 35. The van der Waals surface area contributed by atoms with Crippen molar-refractivity contribution in [2.24, 2.45) is 0 Å². The van der Waals surface area contributed by atoms with Gasteiger partial charge in [0.25, 0.3) is 0 Å². The molecule has 0 spiro atoms. The van der Waals surface area contributed by atoms with Gasteiger partial charge in [-0.2, -0.15) is 0 Å². The molecule has 0 atom stereocenters. The average molecular weight is 3380 g/mol. The Kier molecular flexibility index (Phi) is 5670. The maximum absolute atomic E-state index is 0. The van der Waals surface area contributed by atoms with E-state index in [0.29, 0.717) is 0 Å². The van der Waals surface area contributed by atoms with Crippen molar-refractivity contribution in [2.75, 3.05) is 0 Å². The van der Waals surface area contributed by atoms with Gasteiger partial charge in [0.2, 0.25) is 0 Å². The molecule has 0 heterocycles. The van der Waals surface area contributed by atoms with E-state index in [4.69, 9.17) is 0 Å². The minimum absolute atomic E-state index is 0. The van der Waals surface area contributed by atoms with Gasteiger partial charge in [0.1, 0.15) is 0 Å². The minimum atomic E-state index is 0. The Labute approximate surface area is 1290 Å². The van der Waals surface area contributed by atoms with Crippen LogP contribution in [0.5, 0.6) is 0 Å². The summed E-state index contributed by atoms with van der Waals surface area (Å²) in [5.41, 5.74) is 0. The summed E-state index contributed by atoms with van der Waals surface area (Å²) in [5.74, 6) is 0. The molecule has 0 N–H and O–H groups in total. The largest absolute Gasteiger partial charge is 1.00 e. The molecule has 0 aliphatic carbocycles. The Morgan fingerprint density at radius 2 is 0.0500 bits per heavy atom. The first-order chi connectivity index (χ1) is 0. The van der Waals surface area contributed by atoms with Crippen LogP contribution in [0.15, 0.2) is 0 Å². The van der Waals surface area contributed by atoms with Crippen molar-refractivity contribution in [2.45, 2.75) is 0 Å². The number of hydrogen-bond donors (Lipinski definition) is 0. The third-order valence-corrected chi connectivity index (χ3v) is 0. The fourth-order valence-electron chi connectivity index (χ4n) is 0. The first kappa shape index (κ1) is 592. The number of rotatable bonds is 0. The zero-order valence-electron chi connectivity index (χ0n) is 38.5. The molecule has 0 aromatic rings. The van der Waals surface area contributed by atoms with Crippen LogP contribution in [-0.4, -0.2) is 0 Å². The Hall–Kier alpha value is 41.8. The molecule has 0 aromatic carbocycles. The van der Waals surface area contributed by atoms with Gasteiger partial charge in [0, 0.05) is 0 Å². The Balaban J connectivity index is 0. The van der Waals surface area contributed by atoms with E-state index in [1.807, 2.05) is 0 Å². The van der Waals surface area contributed by atoms with Crippen LogP contribution in [0.4, 0.5) is 0 Å². The summed E-state index contributed by atoms with van der Waals surface area (Å²) in [6.07, 6.45) is 0. The predicted octanol–water partition coefficient (Wildman–Crippen LogP) is -144. The Morgan fingerprint density at radius 3 is 0.0500 bits per heavy atom. The molecule has 0 nitrogen and oxygen atoms in total. The van der Waals surface area contributed by atoms with Crippen molar-refractivity contribution in [1.29, 1.82) is 0 Å². The summed E-state index contributed by atoms with van der Waals surface area (Å²) < 4.78 is 0. The molecule has 0 aromatic heterocycles. The van der Waals surface area contributed by atoms with Gasteiger partial charge in [0.15, 0.2) is 0 Å². The molecular weight excluding hydrogens is 3370 g/mol. The smallest absolute Gasteiger partial charge is 1.00 e. The Bertz CT molecular complexity index is 58.8. The van der Waals surface area contributed by atoms with Crippen LogP contribution in [0.25, 0.3) is 0 Å². The van der Waals surface area contributed by atoms with E-state index in [0.717, 1.165) is 0 Å². The van der Waals surface area contributed by atoms with Crippen LogP contribution in [-0.2, 0) is 0 Å². The molecular formula is H10Br35Na25. The van der Waals surface area contributed by atoms with Crippen LogP contribution in [0.1, 0.15) is 0 Å². The first-order valence-electron chi connectivity index (χ1n) is 0. The van der Waals surface area contributed by atoms with Gasteiger partial charge in [-0.05, 0) is 0 Å². The molecule has 0 aliphatic rings. The molecule has 60 heavy (non-hydrogen) atoms. The monoisotopic (exact) mass is 3350 g/mol. The van der Waals surface area contributed by atoms with E-state index in [9.17, 15) is 0 Å². The molecule has 0 radical (unpaired) electrons. The topological polar surface area (TPSA) is 0 Å². The fraction of sp³-hybridized carbons (Fsp3) is 0. The van der Waals surface area contributed by atoms with E-state index >= 15 is 0 Å². The van der Waals surface area contributed by atoms with Crippen LogP contribution in [0.2, 0.25) is 0 Å². The fourth-order valence-corrected chi connectivity index (χ4v) is 0. The normalized spacial score (nSPS) is 0. The molecule has 0 saturated heterocycles. The van der Waals surface area contributed by atoms with Crippen LogP contribution in [0, 0.1) is 0 Å². The van der Waals surface area contributed by atoms with Gasteiger partial charge < -0.3 is 425 Å². The quantitative estimate of drug-likeness (QED) is 0.212. The zero-order valence-corrected chi connectivity index (χ0v) is 145. The molecule has 0 rings (SSSR count). The third-order valence-electron chi connectivity index (χ3n) is 0. The summed E-state index contributed by atoms with van der Waals surface area (Å²) in [6.45, 7) is 0. The van der Waals surface area contributed by atoms with E-state index in [-0.39, 0.29) is 1330 Å². The zero-order chi connectivity index (χ0) is 0. The third kappa shape index (κ3) is 558. The van der Waals surface area contributed by atoms with Gasteiger partial charge >= 0.3 is 739 Å². The second-order valence-electron chi connectivity index (χ2n) is 0. The molecule has 0 aliphatic heterocycles. The number of hydrogen-bond acceptors (Lipinski definition) is 0. The first-order valence-corrected chi connectivity index (χ1v) is 0. The van der Waals surface area contributed by atoms with Crippen molar-refractivity contribution < 1.29 is 1160 Å². The van der Waals surface area contributed by atoms with Gasteiger partial charge in [0.05, 0.1) is 0 Å². The van der Waals surface area contributed by atoms with Crippen molar-refractivity contribution in [1.82, 2.24) is 0 Å². The van der Waals surface area contributed by atoms with E-state index in [1.165, 1.54) is 0 Å². The minimum Gasteiger partial charge on any atom is -1.00 e. The molecule has 0 bridgehead atoms. The Morgan fingerprint density at radius 1 is 0.0500 bits per heavy atom. The summed E-state index contributed by atoms with van der Waals surface area (Å²) in [4.78, 5) is 0. The molecule has 0 saturated carbocycles. The van der Waals surface area contributed by atoms with Gasteiger partial charge in [-0.3, -0.25) is 0 Å². The maximum atomic E-state index is 0. The molecule has 0 unspecified atom stereocenters. The second kappa shape index (κ2) is 575. The van der Waals surface area contributed by atoms with Crippen molar-refractivity contribution in [3.05, 3.63) is 0 Å². The van der Waals surface area contributed by atoms with Crippen molar-refractivity contribution in [3.63, 3.8) is 0 Å². The van der Waals surface area contributed by atoms with Gasteiger partial charge in [-0.15, -0.1) is 170 Å². The molecule has 0 fully saturated rings. The standard InChI is InChI=1S/35BrH.25Na/h35*1H;;;;;;;;;;;;;;;;;;;;;;;;;/q;;;;;;;;;;;;;;;;;;;;;;;;;;;;;;;;;;;25*+1/p-25.